The predicted molar refractivity (Wildman–Crippen MR) is 74.0 cm³/mol. The molecular weight excluding hydrogens is 299 g/mol. The van der Waals surface area contributed by atoms with Crippen LogP contribution in [0.2, 0.25) is 0 Å². The Bertz CT molecular complexity index is 728. The van der Waals surface area contributed by atoms with E-state index >= 15 is 0 Å². The maximum atomic E-state index is 10.7. The molecule has 0 amide bonds. The van der Waals surface area contributed by atoms with Crippen LogP contribution in [0, 0.1) is 5.92 Å². The van der Waals surface area contributed by atoms with Gasteiger partial charge in [0.15, 0.2) is 11.5 Å². The van der Waals surface area contributed by atoms with Gasteiger partial charge in [0.05, 0.1) is 12.4 Å². The Morgan fingerprint density at radius 2 is 2.19 bits per heavy atom. The molecule has 0 spiro atoms. The molecule has 0 radical (unpaired) electrons. The normalized spacial score (nSPS) is 21.8. The van der Waals surface area contributed by atoms with Crippen molar-refractivity contribution < 1.29 is 19.1 Å². The van der Waals surface area contributed by atoms with Crippen molar-refractivity contribution in [1.29, 1.82) is 0 Å². The molecule has 0 aromatic carbocycles. The van der Waals surface area contributed by atoms with Gasteiger partial charge in [-0.3, -0.25) is 4.57 Å². The van der Waals surface area contributed by atoms with Gasteiger partial charge >= 0.3 is 7.60 Å². The van der Waals surface area contributed by atoms with E-state index in [4.69, 9.17) is 26.0 Å². The van der Waals surface area contributed by atoms with Crippen LogP contribution >= 0.6 is 7.60 Å². The molecule has 0 bridgehead atoms. The Morgan fingerprint density at radius 3 is 2.90 bits per heavy atom. The predicted octanol–water partition coefficient (Wildman–Crippen LogP) is -0.469. The summed E-state index contributed by atoms with van der Waals surface area (Å²) in [6, 6.07) is 0. The van der Waals surface area contributed by atoms with Gasteiger partial charge < -0.3 is 30.6 Å². The van der Waals surface area contributed by atoms with Crippen molar-refractivity contribution in [2.24, 2.45) is 5.92 Å². The van der Waals surface area contributed by atoms with Crippen LogP contribution in [0.25, 0.3) is 11.2 Å². The first-order valence-corrected chi connectivity index (χ1v) is 8.03. The topological polar surface area (TPSA) is 162 Å². The largest absolute Gasteiger partial charge is 0.382 e. The van der Waals surface area contributed by atoms with Crippen molar-refractivity contribution in [1.82, 2.24) is 19.5 Å². The lowest BCUT2D eigenvalue weighted by Gasteiger charge is -2.06. The summed E-state index contributed by atoms with van der Waals surface area (Å²) in [5.74, 6) is 0.458. The smallest absolute Gasteiger partial charge is 0.350 e. The number of aromatic nitrogens is 4. The standard InChI is InChI=1S/C10H15N6O4P/c11-8-7-9(15-10(12)14-8)16(3-13-7)2-5-1-6(5)20-4-21(17,18)19/h3,5-6H,1-2,4H2,(H2,17,18,19)(H4,11,12,14,15). The quantitative estimate of drug-likeness (QED) is 0.534. The van der Waals surface area contributed by atoms with Crippen LogP contribution in [0.3, 0.4) is 0 Å². The van der Waals surface area contributed by atoms with Crippen molar-refractivity contribution in [2.45, 2.75) is 19.1 Å². The summed E-state index contributed by atoms with van der Waals surface area (Å²) in [6.07, 6.45) is 1.61. The molecule has 11 heteroatoms. The van der Waals surface area contributed by atoms with Crippen LogP contribution in [0.5, 0.6) is 0 Å². The van der Waals surface area contributed by atoms with Gasteiger partial charge in [0.1, 0.15) is 11.9 Å². The second kappa shape index (κ2) is 4.92. The number of rotatable bonds is 5. The highest BCUT2D eigenvalue weighted by atomic mass is 31.2. The van der Waals surface area contributed by atoms with Crippen LogP contribution in [-0.4, -0.2) is 41.8 Å². The molecule has 0 saturated heterocycles. The van der Waals surface area contributed by atoms with Crippen LogP contribution in [0.4, 0.5) is 11.8 Å². The minimum absolute atomic E-state index is 0.0758. The van der Waals surface area contributed by atoms with Crippen LogP contribution in [0.1, 0.15) is 6.42 Å². The Morgan fingerprint density at radius 1 is 1.43 bits per heavy atom. The maximum Gasteiger partial charge on any atom is 0.350 e. The molecule has 1 aliphatic rings. The van der Waals surface area contributed by atoms with Gasteiger partial charge in [-0.1, -0.05) is 0 Å². The van der Waals surface area contributed by atoms with Gasteiger partial charge in [0.25, 0.3) is 0 Å². The molecular formula is C10H15N6O4P. The van der Waals surface area contributed by atoms with E-state index in [0.717, 1.165) is 6.42 Å². The summed E-state index contributed by atoms with van der Waals surface area (Å²) in [4.78, 5) is 29.6. The highest BCUT2D eigenvalue weighted by molar-refractivity contribution is 7.51. The summed E-state index contributed by atoms with van der Waals surface area (Å²) in [6.45, 7) is 0.568. The summed E-state index contributed by atoms with van der Waals surface area (Å²) in [5.41, 5.74) is 12.3. The number of nitrogens with zero attached hydrogens (tertiary/aromatic N) is 4. The molecule has 3 rings (SSSR count). The number of anilines is 2. The third-order valence-corrected chi connectivity index (χ3v) is 3.74. The SMILES string of the molecule is Nc1nc(N)c2ncn(CC3CC3OCP(=O)(O)O)c2n1. The first-order valence-electron chi connectivity index (χ1n) is 6.23. The molecule has 1 saturated carbocycles. The lowest BCUT2D eigenvalue weighted by Crippen LogP contribution is -2.07. The Balaban J connectivity index is 1.69. The molecule has 114 valence electrons. The molecule has 2 unspecified atom stereocenters. The van der Waals surface area contributed by atoms with Crippen molar-refractivity contribution >= 4 is 30.5 Å². The third kappa shape index (κ3) is 3.13. The van der Waals surface area contributed by atoms with E-state index in [1.165, 1.54) is 0 Å². The van der Waals surface area contributed by atoms with Gasteiger partial charge in [-0.25, -0.2) is 4.98 Å². The number of imidazole rings is 1. The first-order chi connectivity index (χ1) is 9.83. The fraction of sp³-hybridized carbons (Fsp3) is 0.500. The van der Waals surface area contributed by atoms with Crippen LogP contribution in [-0.2, 0) is 15.8 Å². The van der Waals surface area contributed by atoms with Crippen LogP contribution < -0.4 is 11.5 Å². The molecule has 0 aliphatic heterocycles. The average Bonchev–Trinajstić information content (AvgIpc) is 2.98. The monoisotopic (exact) mass is 314 g/mol. The van der Waals surface area contributed by atoms with E-state index in [2.05, 4.69) is 15.0 Å². The number of fused-ring (bicyclic) bond motifs is 1. The van der Waals surface area contributed by atoms with E-state index in [-0.39, 0.29) is 23.8 Å². The van der Waals surface area contributed by atoms with Crippen LogP contribution in [0.15, 0.2) is 6.33 Å². The Labute approximate surface area is 119 Å². The van der Waals surface area contributed by atoms with E-state index in [1.807, 2.05) is 0 Å². The van der Waals surface area contributed by atoms with Gasteiger partial charge in [-0.15, -0.1) is 0 Å². The van der Waals surface area contributed by atoms with E-state index in [0.29, 0.717) is 17.7 Å². The van der Waals surface area contributed by atoms with Crippen molar-refractivity contribution in [3.05, 3.63) is 6.33 Å². The second-order valence-corrected chi connectivity index (χ2v) is 6.62. The van der Waals surface area contributed by atoms with Crippen molar-refractivity contribution in [2.75, 3.05) is 17.8 Å². The fourth-order valence-electron chi connectivity index (χ4n) is 2.18. The maximum absolute atomic E-state index is 10.7. The number of nitrogens with two attached hydrogens (primary N) is 2. The number of ether oxygens (including phenoxy) is 1. The summed E-state index contributed by atoms with van der Waals surface area (Å²) < 4.78 is 17.7. The fourth-order valence-corrected chi connectivity index (χ4v) is 2.56. The zero-order valence-electron chi connectivity index (χ0n) is 11.0. The zero-order chi connectivity index (χ0) is 15.2. The van der Waals surface area contributed by atoms with E-state index in [1.54, 1.807) is 10.9 Å². The van der Waals surface area contributed by atoms with Gasteiger partial charge in [-0.05, 0) is 6.42 Å². The van der Waals surface area contributed by atoms with Crippen molar-refractivity contribution in [3.8, 4) is 0 Å². The molecule has 2 aromatic heterocycles. The minimum Gasteiger partial charge on any atom is -0.382 e. The highest BCUT2D eigenvalue weighted by Gasteiger charge is 2.40. The number of hydrogen-bond acceptors (Lipinski definition) is 7. The highest BCUT2D eigenvalue weighted by Crippen LogP contribution is 2.41. The number of hydrogen-bond donors (Lipinski definition) is 4. The lowest BCUT2D eigenvalue weighted by atomic mass is 10.4. The molecule has 1 fully saturated rings. The zero-order valence-corrected chi connectivity index (χ0v) is 11.8. The van der Waals surface area contributed by atoms with Crippen molar-refractivity contribution in [3.63, 3.8) is 0 Å². The second-order valence-electron chi connectivity index (χ2n) is 5.03. The summed E-state index contributed by atoms with van der Waals surface area (Å²) >= 11 is 0. The molecule has 2 heterocycles. The molecule has 1 aliphatic carbocycles. The summed E-state index contributed by atoms with van der Waals surface area (Å²) in [5, 5.41) is 0. The minimum atomic E-state index is -4.12. The van der Waals surface area contributed by atoms with Gasteiger partial charge in [0.2, 0.25) is 5.95 Å². The van der Waals surface area contributed by atoms with Gasteiger partial charge in [-0.2, -0.15) is 9.97 Å². The lowest BCUT2D eigenvalue weighted by molar-refractivity contribution is 0.130. The average molecular weight is 314 g/mol. The molecule has 21 heavy (non-hydrogen) atoms. The number of nitrogen functional groups attached to an aromatic ring is 2. The van der Waals surface area contributed by atoms with E-state index < -0.39 is 13.9 Å². The Kier molecular flexibility index (Phi) is 3.33. The first kappa shape index (κ1) is 14.2. The van der Waals surface area contributed by atoms with E-state index in [9.17, 15) is 4.57 Å². The van der Waals surface area contributed by atoms with Gasteiger partial charge in [0, 0.05) is 12.5 Å². The molecule has 2 aromatic rings. The Hall–Kier alpha value is -1.74. The summed E-state index contributed by atoms with van der Waals surface area (Å²) in [7, 11) is -4.12. The molecule has 10 nitrogen and oxygen atoms in total. The molecule has 2 atom stereocenters. The molecule has 6 N–H and O–H groups in total. The third-order valence-electron chi connectivity index (χ3n) is 3.25.